The van der Waals surface area contributed by atoms with Gasteiger partial charge in [0.1, 0.15) is 18.0 Å². The fourth-order valence-electron chi connectivity index (χ4n) is 3.40. The minimum atomic E-state index is -0.541. The van der Waals surface area contributed by atoms with Crippen LogP contribution in [-0.2, 0) is 20.9 Å². The highest BCUT2D eigenvalue weighted by Crippen LogP contribution is 2.42. The van der Waals surface area contributed by atoms with Crippen LogP contribution in [0.15, 0.2) is 36.4 Å². The number of benzene rings is 2. The van der Waals surface area contributed by atoms with Gasteiger partial charge in [-0.05, 0) is 51.5 Å². The van der Waals surface area contributed by atoms with E-state index in [2.05, 4.69) is 10.6 Å². The first kappa shape index (κ1) is 19.1. The van der Waals surface area contributed by atoms with Crippen molar-refractivity contribution in [2.24, 2.45) is 0 Å². The summed E-state index contributed by atoms with van der Waals surface area (Å²) in [4.78, 5) is 24.9. The Morgan fingerprint density at radius 3 is 2.76 bits per heavy atom. The topological polar surface area (TPSA) is 76.7 Å². The van der Waals surface area contributed by atoms with Crippen LogP contribution >= 0.6 is 0 Å². The van der Waals surface area contributed by atoms with Crippen LogP contribution in [0.3, 0.4) is 0 Å². The van der Waals surface area contributed by atoms with Gasteiger partial charge in [0.2, 0.25) is 0 Å². The Balaban J connectivity index is 1.69. The molecule has 2 aromatic carbocycles. The third-order valence-electron chi connectivity index (χ3n) is 5.34. The molecule has 0 saturated heterocycles. The van der Waals surface area contributed by atoms with Gasteiger partial charge in [0.15, 0.2) is 0 Å². The zero-order valence-corrected chi connectivity index (χ0v) is 17.0. The second kappa shape index (κ2) is 6.95. The molecule has 6 nitrogen and oxygen atoms in total. The first-order valence-corrected chi connectivity index (χ1v) is 9.70. The molecule has 0 unspecified atom stereocenters. The highest BCUT2D eigenvalue weighted by Gasteiger charge is 2.32. The number of anilines is 2. The molecule has 29 heavy (non-hydrogen) atoms. The van der Waals surface area contributed by atoms with Crippen molar-refractivity contribution in [3.63, 3.8) is 0 Å². The lowest BCUT2D eigenvalue weighted by molar-refractivity contribution is -0.110. The van der Waals surface area contributed by atoms with Crippen molar-refractivity contribution in [2.45, 2.75) is 46.3 Å². The average Bonchev–Trinajstić information content (AvgIpc) is 3.20. The molecule has 0 saturated carbocycles. The molecule has 0 aliphatic carbocycles. The number of carbonyl (C=O) groups excluding carboxylic acids is 2. The van der Waals surface area contributed by atoms with Crippen molar-refractivity contribution in [1.82, 2.24) is 0 Å². The van der Waals surface area contributed by atoms with E-state index in [4.69, 9.17) is 9.47 Å². The number of hydrogen-bond donors (Lipinski definition) is 2. The summed E-state index contributed by atoms with van der Waals surface area (Å²) in [7, 11) is 0. The lowest BCUT2D eigenvalue weighted by atomic mass is 9.99. The van der Waals surface area contributed by atoms with Crippen LogP contribution in [-0.4, -0.2) is 17.6 Å². The Hall–Kier alpha value is -3.28. The molecule has 4 rings (SSSR count). The molecule has 0 fully saturated rings. The quantitative estimate of drug-likeness (QED) is 0.714. The molecule has 0 spiro atoms. The standard InChI is InChI=1S/C23H24N2O4/c1-5-23(3,4)29-22(27)24-15-8-7-14-12-28-20(16(14)11-15)19-17-10-13(2)6-9-18(17)25-21(19)26/h6-11H,5,12H2,1-4H3,(H,24,27)(H,25,26)/b20-19+. The average molecular weight is 392 g/mol. The Bertz CT molecular complexity index is 1050. The van der Waals surface area contributed by atoms with Crippen LogP contribution in [0, 0.1) is 6.92 Å². The summed E-state index contributed by atoms with van der Waals surface area (Å²) in [6, 6.07) is 11.4. The van der Waals surface area contributed by atoms with E-state index in [1.54, 1.807) is 0 Å². The first-order valence-electron chi connectivity index (χ1n) is 9.70. The van der Waals surface area contributed by atoms with Gasteiger partial charge >= 0.3 is 6.09 Å². The molecule has 0 radical (unpaired) electrons. The SMILES string of the molecule is CCC(C)(C)OC(=O)Nc1ccc2c(c1)/C(=C1\C(=O)Nc3ccc(C)cc31)OC2. The van der Waals surface area contributed by atoms with Crippen molar-refractivity contribution in [1.29, 1.82) is 0 Å². The van der Waals surface area contributed by atoms with Gasteiger partial charge in [0, 0.05) is 28.1 Å². The zero-order chi connectivity index (χ0) is 20.8. The summed E-state index contributed by atoms with van der Waals surface area (Å²) in [5.41, 5.74) is 5.02. The molecular formula is C23H24N2O4. The molecular weight excluding hydrogens is 368 g/mol. The molecule has 6 heteroatoms. The second-order valence-electron chi connectivity index (χ2n) is 8.00. The number of aryl methyl sites for hydroxylation is 1. The molecule has 2 amide bonds. The van der Waals surface area contributed by atoms with Crippen LogP contribution in [0.2, 0.25) is 0 Å². The Morgan fingerprint density at radius 1 is 1.21 bits per heavy atom. The van der Waals surface area contributed by atoms with E-state index in [1.165, 1.54) is 0 Å². The van der Waals surface area contributed by atoms with Gasteiger partial charge < -0.3 is 14.8 Å². The van der Waals surface area contributed by atoms with Crippen molar-refractivity contribution in [3.8, 4) is 0 Å². The Kier molecular flexibility index (Phi) is 4.57. The van der Waals surface area contributed by atoms with Crippen molar-refractivity contribution in [3.05, 3.63) is 58.7 Å². The number of hydrogen-bond acceptors (Lipinski definition) is 4. The number of carbonyl (C=O) groups is 2. The minimum absolute atomic E-state index is 0.184. The summed E-state index contributed by atoms with van der Waals surface area (Å²) < 4.78 is 11.4. The monoisotopic (exact) mass is 392 g/mol. The normalized spacial score (nSPS) is 17.3. The molecule has 2 aliphatic rings. The largest absolute Gasteiger partial charge is 0.487 e. The van der Waals surface area contributed by atoms with E-state index in [-0.39, 0.29) is 5.91 Å². The molecule has 2 N–H and O–H groups in total. The second-order valence-corrected chi connectivity index (χ2v) is 8.00. The molecule has 2 aliphatic heterocycles. The van der Waals surface area contributed by atoms with E-state index in [9.17, 15) is 9.59 Å². The molecule has 2 heterocycles. The van der Waals surface area contributed by atoms with Crippen LogP contribution < -0.4 is 10.6 Å². The number of fused-ring (bicyclic) bond motifs is 2. The predicted molar refractivity (Wildman–Crippen MR) is 112 cm³/mol. The number of rotatable bonds is 3. The lowest BCUT2D eigenvalue weighted by Gasteiger charge is -2.23. The van der Waals surface area contributed by atoms with Crippen molar-refractivity contribution >= 4 is 34.7 Å². The highest BCUT2D eigenvalue weighted by atomic mass is 16.6. The number of amides is 2. The summed E-state index contributed by atoms with van der Waals surface area (Å²) >= 11 is 0. The van der Waals surface area contributed by atoms with Crippen LogP contribution in [0.5, 0.6) is 0 Å². The Labute approximate surface area is 169 Å². The maximum Gasteiger partial charge on any atom is 0.412 e. The lowest BCUT2D eigenvalue weighted by Crippen LogP contribution is -2.29. The predicted octanol–water partition coefficient (Wildman–Crippen LogP) is 5.08. The first-order chi connectivity index (χ1) is 13.8. The van der Waals surface area contributed by atoms with Gasteiger partial charge in [-0.25, -0.2) is 4.79 Å². The van der Waals surface area contributed by atoms with Crippen molar-refractivity contribution in [2.75, 3.05) is 10.6 Å². The van der Waals surface area contributed by atoms with E-state index in [0.717, 1.165) is 27.9 Å². The van der Waals surface area contributed by atoms with Gasteiger partial charge in [-0.1, -0.05) is 24.6 Å². The smallest absolute Gasteiger partial charge is 0.412 e. The van der Waals surface area contributed by atoms with E-state index in [1.807, 2.05) is 64.1 Å². The molecule has 0 atom stereocenters. The zero-order valence-electron chi connectivity index (χ0n) is 17.0. The minimum Gasteiger partial charge on any atom is -0.487 e. The fraction of sp³-hybridized carbons (Fsp3) is 0.304. The summed E-state index contributed by atoms with van der Waals surface area (Å²) in [6.07, 6.45) is 0.201. The fourth-order valence-corrected chi connectivity index (χ4v) is 3.40. The van der Waals surface area contributed by atoms with Gasteiger partial charge in [0.25, 0.3) is 5.91 Å². The van der Waals surface area contributed by atoms with Gasteiger partial charge in [-0.15, -0.1) is 0 Å². The number of nitrogens with one attached hydrogen (secondary N) is 2. The highest BCUT2D eigenvalue weighted by molar-refractivity contribution is 6.36. The van der Waals surface area contributed by atoms with Crippen LogP contribution in [0.4, 0.5) is 16.2 Å². The van der Waals surface area contributed by atoms with Gasteiger partial charge in [0.05, 0.1) is 5.57 Å². The van der Waals surface area contributed by atoms with Crippen LogP contribution in [0.25, 0.3) is 11.3 Å². The van der Waals surface area contributed by atoms with E-state index in [0.29, 0.717) is 30.0 Å². The van der Waals surface area contributed by atoms with Crippen LogP contribution in [0.1, 0.15) is 49.4 Å². The maximum atomic E-state index is 12.7. The van der Waals surface area contributed by atoms with Gasteiger partial charge in [-0.2, -0.15) is 0 Å². The summed E-state index contributed by atoms with van der Waals surface area (Å²) in [5, 5.41) is 5.67. The Morgan fingerprint density at radius 2 is 2.00 bits per heavy atom. The van der Waals surface area contributed by atoms with Crippen molar-refractivity contribution < 1.29 is 19.1 Å². The summed E-state index contributed by atoms with van der Waals surface area (Å²) in [5.74, 6) is 0.351. The summed E-state index contributed by atoms with van der Waals surface area (Å²) in [6.45, 7) is 8.06. The van der Waals surface area contributed by atoms with E-state index < -0.39 is 11.7 Å². The molecule has 2 aromatic rings. The molecule has 0 aromatic heterocycles. The third kappa shape index (κ3) is 3.58. The molecule has 150 valence electrons. The van der Waals surface area contributed by atoms with E-state index >= 15 is 0 Å². The number of ether oxygens (including phenoxy) is 2. The van der Waals surface area contributed by atoms with Gasteiger partial charge in [-0.3, -0.25) is 10.1 Å². The molecule has 0 bridgehead atoms. The maximum absolute atomic E-state index is 12.7. The third-order valence-corrected chi connectivity index (χ3v) is 5.34.